The van der Waals surface area contributed by atoms with Crippen molar-refractivity contribution in [2.45, 2.75) is 33.2 Å². The minimum atomic E-state index is 0.316. The fourth-order valence-electron chi connectivity index (χ4n) is 3.12. The highest BCUT2D eigenvalue weighted by Gasteiger charge is 2.12. The number of aryl methyl sites for hydroxylation is 1. The number of benzene rings is 2. The van der Waals surface area contributed by atoms with Crippen molar-refractivity contribution < 1.29 is 4.52 Å². The summed E-state index contributed by atoms with van der Waals surface area (Å²) in [6.07, 6.45) is 1.72. The predicted molar refractivity (Wildman–Crippen MR) is 102 cm³/mol. The quantitative estimate of drug-likeness (QED) is 0.497. The normalized spacial score (nSPS) is 11.6. The van der Waals surface area contributed by atoms with Gasteiger partial charge in [-0.1, -0.05) is 54.9 Å². The zero-order chi connectivity index (χ0) is 18.3. The van der Waals surface area contributed by atoms with E-state index < -0.39 is 0 Å². The van der Waals surface area contributed by atoms with Gasteiger partial charge in [-0.2, -0.15) is 4.98 Å². The highest BCUT2D eigenvalue weighted by atomic mass is 35.5. The molecule has 0 saturated carbocycles. The van der Waals surface area contributed by atoms with Crippen LogP contribution in [0.25, 0.3) is 22.2 Å². The molecule has 0 unspecified atom stereocenters. The second-order valence-corrected chi connectivity index (χ2v) is 7.10. The van der Waals surface area contributed by atoms with E-state index in [1.807, 2.05) is 6.07 Å². The van der Waals surface area contributed by atoms with Crippen LogP contribution >= 0.6 is 11.6 Å². The second-order valence-electron chi connectivity index (χ2n) is 6.71. The van der Waals surface area contributed by atoms with Crippen LogP contribution < -0.4 is 0 Å². The topological polar surface area (TPSA) is 56.7 Å². The van der Waals surface area contributed by atoms with Crippen LogP contribution in [0.15, 0.2) is 47.1 Å². The largest absolute Gasteiger partial charge is 0.339 e. The number of imidazole rings is 1. The average molecular weight is 367 g/mol. The Kier molecular flexibility index (Phi) is 4.24. The Morgan fingerprint density at radius 3 is 2.65 bits per heavy atom. The van der Waals surface area contributed by atoms with Crippen molar-refractivity contribution >= 4 is 22.4 Å². The summed E-state index contributed by atoms with van der Waals surface area (Å²) in [6.45, 7) is 6.72. The second kappa shape index (κ2) is 6.57. The molecule has 0 N–H and O–H groups in total. The lowest BCUT2D eigenvalue weighted by Crippen LogP contribution is -2.07. The molecule has 0 aliphatic carbocycles. The zero-order valence-corrected chi connectivity index (χ0v) is 15.7. The fourth-order valence-corrected chi connectivity index (χ4v) is 3.31. The highest BCUT2D eigenvalue weighted by Crippen LogP contribution is 2.25. The predicted octanol–water partition coefficient (Wildman–Crippen LogP) is 5.22. The van der Waals surface area contributed by atoms with Crippen molar-refractivity contribution in [3.63, 3.8) is 0 Å². The van der Waals surface area contributed by atoms with Crippen LogP contribution in [0.2, 0.25) is 5.15 Å². The molecule has 0 bridgehead atoms. The molecule has 0 aliphatic heterocycles. The van der Waals surface area contributed by atoms with Crippen molar-refractivity contribution in [3.05, 3.63) is 65.0 Å². The molecule has 2 aromatic carbocycles. The Balaban J connectivity index is 1.72. The van der Waals surface area contributed by atoms with Gasteiger partial charge in [0.1, 0.15) is 11.0 Å². The number of hydrogen-bond acceptors (Lipinski definition) is 4. The maximum Gasteiger partial charge on any atom is 0.223 e. The summed E-state index contributed by atoms with van der Waals surface area (Å²) in [6, 6.07) is 12.6. The minimum absolute atomic E-state index is 0.316. The van der Waals surface area contributed by atoms with Gasteiger partial charge in [-0.25, -0.2) is 4.98 Å². The standard InChI is InChI=1S/C20H19ClN4O/c1-12(2)20-22-10-18(21)25(20)11-14-4-5-15-6-7-16(9-17(15)8-14)19-23-13(3)26-24-19/h4-10,12H,11H2,1-3H3. The van der Waals surface area contributed by atoms with Gasteiger partial charge in [0.2, 0.25) is 11.7 Å². The molecule has 0 radical (unpaired) electrons. The summed E-state index contributed by atoms with van der Waals surface area (Å²) in [5, 5.41) is 6.95. The summed E-state index contributed by atoms with van der Waals surface area (Å²) in [5.74, 6) is 2.47. The Morgan fingerprint density at radius 2 is 1.92 bits per heavy atom. The van der Waals surface area contributed by atoms with Crippen molar-refractivity contribution in [2.24, 2.45) is 0 Å². The van der Waals surface area contributed by atoms with Crippen LogP contribution in [0, 0.1) is 6.92 Å². The average Bonchev–Trinajstić information content (AvgIpc) is 3.21. The molecule has 4 aromatic rings. The first-order valence-electron chi connectivity index (χ1n) is 8.55. The number of aromatic nitrogens is 4. The number of hydrogen-bond donors (Lipinski definition) is 0. The molecule has 0 atom stereocenters. The van der Waals surface area contributed by atoms with Gasteiger partial charge >= 0.3 is 0 Å². The third-order valence-corrected chi connectivity index (χ3v) is 4.69. The molecule has 26 heavy (non-hydrogen) atoms. The van der Waals surface area contributed by atoms with Gasteiger partial charge in [0, 0.05) is 18.4 Å². The molecule has 0 spiro atoms. The van der Waals surface area contributed by atoms with E-state index >= 15 is 0 Å². The van der Waals surface area contributed by atoms with E-state index in [-0.39, 0.29) is 0 Å². The molecule has 0 saturated heterocycles. The Labute approximate surface area is 156 Å². The summed E-state index contributed by atoms with van der Waals surface area (Å²) in [4.78, 5) is 8.74. The summed E-state index contributed by atoms with van der Waals surface area (Å²) in [5.41, 5.74) is 2.11. The van der Waals surface area contributed by atoms with Crippen LogP contribution in [-0.2, 0) is 6.54 Å². The lowest BCUT2D eigenvalue weighted by atomic mass is 10.0. The maximum atomic E-state index is 6.34. The van der Waals surface area contributed by atoms with E-state index in [0.717, 1.165) is 16.8 Å². The van der Waals surface area contributed by atoms with E-state index in [2.05, 4.69) is 63.9 Å². The van der Waals surface area contributed by atoms with Crippen LogP contribution in [0.5, 0.6) is 0 Å². The Morgan fingerprint density at radius 1 is 1.12 bits per heavy atom. The molecule has 0 fully saturated rings. The van der Waals surface area contributed by atoms with Gasteiger partial charge in [-0.3, -0.25) is 0 Å². The van der Waals surface area contributed by atoms with E-state index in [1.165, 1.54) is 10.9 Å². The molecule has 0 amide bonds. The van der Waals surface area contributed by atoms with Crippen LogP contribution in [0.4, 0.5) is 0 Å². The Hall–Kier alpha value is -2.66. The lowest BCUT2D eigenvalue weighted by Gasteiger charge is -2.12. The lowest BCUT2D eigenvalue weighted by molar-refractivity contribution is 0.394. The minimum Gasteiger partial charge on any atom is -0.339 e. The summed E-state index contributed by atoms with van der Waals surface area (Å²) >= 11 is 6.34. The molecule has 132 valence electrons. The molecule has 2 aromatic heterocycles. The first-order chi connectivity index (χ1) is 12.5. The van der Waals surface area contributed by atoms with Gasteiger partial charge in [0.15, 0.2) is 0 Å². The van der Waals surface area contributed by atoms with Gasteiger partial charge in [-0.05, 0) is 28.5 Å². The van der Waals surface area contributed by atoms with Crippen LogP contribution in [-0.4, -0.2) is 19.7 Å². The van der Waals surface area contributed by atoms with Crippen LogP contribution in [0.1, 0.15) is 37.0 Å². The SMILES string of the molecule is Cc1nc(-c2ccc3ccc(Cn4c(Cl)cnc4C(C)C)cc3c2)no1. The molecule has 4 rings (SSSR count). The molecule has 2 heterocycles. The van der Waals surface area contributed by atoms with Crippen LogP contribution in [0.3, 0.4) is 0 Å². The first kappa shape index (κ1) is 16.8. The number of rotatable bonds is 4. The van der Waals surface area contributed by atoms with E-state index in [1.54, 1.807) is 13.1 Å². The van der Waals surface area contributed by atoms with Crippen molar-refractivity contribution in [1.29, 1.82) is 0 Å². The van der Waals surface area contributed by atoms with Crippen molar-refractivity contribution in [1.82, 2.24) is 19.7 Å². The molecular formula is C20H19ClN4O. The third-order valence-electron chi connectivity index (χ3n) is 4.39. The zero-order valence-electron chi connectivity index (χ0n) is 14.9. The third kappa shape index (κ3) is 3.10. The van der Waals surface area contributed by atoms with Crippen molar-refractivity contribution in [3.8, 4) is 11.4 Å². The number of fused-ring (bicyclic) bond motifs is 1. The van der Waals surface area contributed by atoms with Gasteiger partial charge in [-0.15, -0.1) is 0 Å². The molecule has 6 heteroatoms. The number of nitrogens with zero attached hydrogens (tertiary/aromatic N) is 4. The van der Waals surface area contributed by atoms with E-state index in [4.69, 9.17) is 16.1 Å². The smallest absolute Gasteiger partial charge is 0.223 e. The summed E-state index contributed by atoms with van der Waals surface area (Å²) < 4.78 is 7.14. The number of halogens is 1. The first-order valence-corrected chi connectivity index (χ1v) is 8.93. The monoisotopic (exact) mass is 366 g/mol. The molecular weight excluding hydrogens is 348 g/mol. The maximum absolute atomic E-state index is 6.34. The summed E-state index contributed by atoms with van der Waals surface area (Å²) in [7, 11) is 0. The Bertz CT molecular complexity index is 1080. The van der Waals surface area contributed by atoms with Crippen molar-refractivity contribution in [2.75, 3.05) is 0 Å². The molecule has 0 aliphatic rings. The van der Waals surface area contributed by atoms with Gasteiger partial charge in [0.25, 0.3) is 0 Å². The van der Waals surface area contributed by atoms with Gasteiger partial charge < -0.3 is 9.09 Å². The van der Waals surface area contributed by atoms with E-state index in [0.29, 0.717) is 29.3 Å². The van der Waals surface area contributed by atoms with E-state index in [9.17, 15) is 0 Å². The highest BCUT2D eigenvalue weighted by molar-refractivity contribution is 6.29. The fraction of sp³-hybridized carbons (Fsp3) is 0.250. The van der Waals surface area contributed by atoms with Gasteiger partial charge in [0.05, 0.1) is 12.7 Å². The molecule has 5 nitrogen and oxygen atoms in total.